The summed E-state index contributed by atoms with van der Waals surface area (Å²) in [5, 5.41) is 6.94. The van der Waals surface area contributed by atoms with Crippen LogP contribution in [-0.4, -0.2) is 63.8 Å². The molecule has 1 aliphatic carbocycles. The molecule has 0 spiro atoms. The van der Waals surface area contributed by atoms with E-state index in [4.69, 9.17) is 9.73 Å². The van der Waals surface area contributed by atoms with Crippen molar-refractivity contribution in [2.24, 2.45) is 10.4 Å². The van der Waals surface area contributed by atoms with E-state index in [1.807, 2.05) is 0 Å². The Labute approximate surface area is 155 Å². The maximum atomic E-state index is 5.29. The zero-order valence-electron chi connectivity index (χ0n) is 16.6. The molecule has 1 saturated heterocycles. The molecule has 2 aliphatic rings. The molecular weight excluding hydrogens is 312 g/mol. The van der Waals surface area contributed by atoms with Crippen LogP contribution in [0.15, 0.2) is 4.99 Å². The van der Waals surface area contributed by atoms with Crippen LogP contribution in [0.3, 0.4) is 0 Å². The summed E-state index contributed by atoms with van der Waals surface area (Å²) in [4.78, 5) is 7.52. The average molecular weight is 353 g/mol. The second-order valence-corrected chi connectivity index (χ2v) is 7.83. The summed E-state index contributed by atoms with van der Waals surface area (Å²) in [6.07, 6.45) is 11.9. The van der Waals surface area contributed by atoms with Gasteiger partial charge in [-0.1, -0.05) is 19.3 Å². The molecule has 0 aromatic heterocycles. The molecule has 1 aliphatic heterocycles. The van der Waals surface area contributed by atoms with E-state index >= 15 is 0 Å². The van der Waals surface area contributed by atoms with Gasteiger partial charge in [0.1, 0.15) is 0 Å². The standard InChI is InChI=1S/C20H40N4O/c1-3-21-19(23-18-20(10-8-11-20)12-17-25-2)22-13-9-16-24-14-6-4-5-7-15-24/h3-18H2,1-2H3,(H2,21,22,23). The first-order valence-corrected chi connectivity index (χ1v) is 10.5. The van der Waals surface area contributed by atoms with E-state index in [0.717, 1.165) is 38.6 Å². The van der Waals surface area contributed by atoms with Crippen molar-refractivity contribution in [3.63, 3.8) is 0 Å². The van der Waals surface area contributed by atoms with Crippen molar-refractivity contribution in [3.05, 3.63) is 0 Å². The van der Waals surface area contributed by atoms with Crippen molar-refractivity contribution in [3.8, 4) is 0 Å². The number of nitrogens with zero attached hydrogens (tertiary/aromatic N) is 2. The van der Waals surface area contributed by atoms with Crippen LogP contribution in [0.1, 0.15) is 64.7 Å². The molecule has 0 amide bonds. The average Bonchev–Trinajstić information content (AvgIpc) is 2.86. The molecule has 146 valence electrons. The number of methoxy groups -OCH3 is 1. The molecule has 25 heavy (non-hydrogen) atoms. The smallest absolute Gasteiger partial charge is 0.191 e. The molecule has 0 atom stereocenters. The topological polar surface area (TPSA) is 48.9 Å². The third-order valence-corrected chi connectivity index (χ3v) is 5.81. The molecule has 5 nitrogen and oxygen atoms in total. The molecule has 2 rings (SSSR count). The van der Waals surface area contributed by atoms with E-state index in [9.17, 15) is 0 Å². The minimum Gasteiger partial charge on any atom is -0.385 e. The van der Waals surface area contributed by atoms with Crippen LogP contribution >= 0.6 is 0 Å². The molecule has 5 heteroatoms. The first kappa shape index (κ1) is 20.5. The van der Waals surface area contributed by atoms with Crippen molar-refractivity contribution in [2.75, 3.05) is 53.0 Å². The molecular formula is C20H40N4O. The van der Waals surface area contributed by atoms with Crippen LogP contribution in [0, 0.1) is 5.41 Å². The van der Waals surface area contributed by atoms with Crippen molar-refractivity contribution in [1.29, 1.82) is 0 Å². The fourth-order valence-corrected chi connectivity index (χ4v) is 3.94. The molecule has 0 unspecified atom stereocenters. The van der Waals surface area contributed by atoms with Gasteiger partial charge in [0, 0.05) is 33.4 Å². The fraction of sp³-hybridized carbons (Fsp3) is 0.950. The van der Waals surface area contributed by atoms with E-state index in [0.29, 0.717) is 5.41 Å². The third-order valence-electron chi connectivity index (χ3n) is 5.81. The Bertz CT molecular complexity index is 374. The molecule has 0 aromatic rings. The lowest BCUT2D eigenvalue weighted by atomic mass is 9.67. The van der Waals surface area contributed by atoms with Crippen molar-refractivity contribution < 1.29 is 4.74 Å². The van der Waals surface area contributed by atoms with Gasteiger partial charge in [-0.15, -0.1) is 0 Å². The first-order valence-electron chi connectivity index (χ1n) is 10.5. The van der Waals surface area contributed by atoms with Gasteiger partial charge >= 0.3 is 0 Å². The number of rotatable bonds is 10. The minimum absolute atomic E-state index is 0.393. The summed E-state index contributed by atoms with van der Waals surface area (Å²) in [7, 11) is 1.80. The number of hydrogen-bond acceptors (Lipinski definition) is 3. The third kappa shape index (κ3) is 7.53. The van der Waals surface area contributed by atoms with Crippen molar-refractivity contribution in [1.82, 2.24) is 15.5 Å². The lowest BCUT2D eigenvalue weighted by molar-refractivity contribution is 0.0778. The van der Waals surface area contributed by atoms with Crippen LogP contribution < -0.4 is 10.6 Å². The van der Waals surface area contributed by atoms with Gasteiger partial charge in [-0.05, 0) is 70.5 Å². The van der Waals surface area contributed by atoms with Gasteiger partial charge in [-0.2, -0.15) is 0 Å². The molecule has 2 fully saturated rings. The highest BCUT2D eigenvalue weighted by Gasteiger charge is 2.36. The van der Waals surface area contributed by atoms with E-state index in [-0.39, 0.29) is 0 Å². The van der Waals surface area contributed by atoms with Crippen LogP contribution in [0.25, 0.3) is 0 Å². The van der Waals surface area contributed by atoms with E-state index < -0.39 is 0 Å². The normalized spacial score (nSPS) is 21.4. The molecule has 1 saturated carbocycles. The summed E-state index contributed by atoms with van der Waals surface area (Å²) >= 11 is 0. The van der Waals surface area contributed by atoms with Gasteiger partial charge in [-0.25, -0.2) is 0 Å². The Balaban J connectivity index is 1.69. The number of hydrogen-bond donors (Lipinski definition) is 2. The molecule has 0 radical (unpaired) electrons. The highest BCUT2D eigenvalue weighted by molar-refractivity contribution is 5.79. The Morgan fingerprint density at radius 1 is 1.08 bits per heavy atom. The number of ether oxygens (including phenoxy) is 1. The fourth-order valence-electron chi connectivity index (χ4n) is 3.94. The van der Waals surface area contributed by atoms with E-state index in [1.54, 1.807) is 7.11 Å². The Kier molecular flexibility index (Phi) is 9.63. The summed E-state index contributed by atoms with van der Waals surface area (Å²) in [6, 6.07) is 0. The highest BCUT2D eigenvalue weighted by atomic mass is 16.5. The number of nitrogens with one attached hydrogen (secondary N) is 2. The zero-order valence-corrected chi connectivity index (χ0v) is 16.6. The number of aliphatic imine (C=N–C) groups is 1. The molecule has 2 N–H and O–H groups in total. The summed E-state index contributed by atoms with van der Waals surface area (Å²) in [5.41, 5.74) is 0.393. The zero-order chi connectivity index (χ0) is 17.8. The maximum Gasteiger partial charge on any atom is 0.191 e. The largest absolute Gasteiger partial charge is 0.385 e. The second kappa shape index (κ2) is 11.7. The predicted octanol–water partition coefficient (Wildman–Crippen LogP) is 3.01. The minimum atomic E-state index is 0.393. The van der Waals surface area contributed by atoms with Crippen molar-refractivity contribution in [2.45, 2.75) is 64.7 Å². The predicted molar refractivity (Wildman–Crippen MR) is 106 cm³/mol. The molecule has 0 bridgehead atoms. The monoisotopic (exact) mass is 352 g/mol. The van der Waals surface area contributed by atoms with E-state index in [2.05, 4.69) is 22.5 Å². The van der Waals surface area contributed by atoms with Crippen LogP contribution in [0.4, 0.5) is 0 Å². The van der Waals surface area contributed by atoms with E-state index in [1.165, 1.54) is 71.0 Å². The van der Waals surface area contributed by atoms with Crippen LogP contribution in [-0.2, 0) is 4.74 Å². The quantitative estimate of drug-likeness (QED) is 0.360. The second-order valence-electron chi connectivity index (χ2n) is 7.83. The van der Waals surface area contributed by atoms with Gasteiger partial charge in [0.05, 0.1) is 0 Å². The van der Waals surface area contributed by atoms with Gasteiger partial charge in [0.25, 0.3) is 0 Å². The number of likely N-dealkylation sites (tertiary alicyclic amines) is 1. The van der Waals surface area contributed by atoms with Gasteiger partial charge in [-0.3, -0.25) is 4.99 Å². The molecule has 1 heterocycles. The lowest BCUT2D eigenvalue weighted by Crippen LogP contribution is -2.41. The van der Waals surface area contributed by atoms with Gasteiger partial charge in [0.15, 0.2) is 5.96 Å². The summed E-state index contributed by atoms with van der Waals surface area (Å²) < 4.78 is 5.29. The Morgan fingerprint density at radius 2 is 1.84 bits per heavy atom. The Morgan fingerprint density at radius 3 is 2.44 bits per heavy atom. The summed E-state index contributed by atoms with van der Waals surface area (Å²) in [5.74, 6) is 0.988. The van der Waals surface area contributed by atoms with Crippen LogP contribution in [0.2, 0.25) is 0 Å². The SMILES string of the molecule is CCNC(=NCC1(CCOC)CCC1)NCCCN1CCCCCC1. The number of guanidine groups is 1. The van der Waals surface area contributed by atoms with Crippen molar-refractivity contribution >= 4 is 5.96 Å². The maximum absolute atomic E-state index is 5.29. The first-order chi connectivity index (χ1) is 12.3. The van der Waals surface area contributed by atoms with Crippen LogP contribution in [0.5, 0.6) is 0 Å². The molecule has 0 aromatic carbocycles. The Hall–Kier alpha value is -0.810. The van der Waals surface area contributed by atoms with Gasteiger partial charge in [0.2, 0.25) is 0 Å². The van der Waals surface area contributed by atoms with Gasteiger partial charge < -0.3 is 20.3 Å². The summed E-state index contributed by atoms with van der Waals surface area (Å²) in [6.45, 7) is 9.64. The highest BCUT2D eigenvalue weighted by Crippen LogP contribution is 2.44. The lowest BCUT2D eigenvalue weighted by Gasteiger charge is -2.40.